The van der Waals surface area contributed by atoms with Crippen molar-refractivity contribution in [2.24, 2.45) is 0 Å². The van der Waals surface area contributed by atoms with Gasteiger partial charge >= 0.3 is 5.97 Å². The fraction of sp³-hybridized carbons (Fsp3) is 0.538. The van der Waals surface area contributed by atoms with Crippen LogP contribution in [-0.2, 0) is 20.7 Å². The number of rotatable bonds is 4. The monoisotopic (exact) mass is 268 g/mol. The third kappa shape index (κ3) is 2.97. The number of ether oxygens (including phenoxy) is 2. The van der Waals surface area contributed by atoms with Gasteiger partial charge in [-0.25, -0.2) is 0 Å². The number of ketones is 1. The van der Waals surface area contributed by atoms with Crippen molar-refractivity contribution >= 4 is 23.1 Å². The summed E-state index contributed by atoms with van der Waals surface area (Å²) in [4.78, 5) is 24.8. The first-order chi connectivity index (χ1) is 8.60. The molecule has 98 valence electrons. The van der Waals surface area contributed by atoms with Gasteiger partial charge in [0.15, 0.2) is 0 Å². The predicted molar refractivity (Wildman–Crippen MR) is 67.9 cm³/mol. The average molecular weight is 268 g/mol. The number of hydrogen-bond donors (Lipinski definition) is 0. The van der Waals surface area contributed by atoms with Crippen LogP contribution in [-0.4, -0.2) is 31.1 Å². The lowest BCUT2D eigenvalue weighted by molar-refractivity contribution is -0.139. The van der Waals surface area contributed by atoms with Crippen LogP contribution in [0.1, 0.15) is 34.3 Å². The molecular formula is C13H16O4S. The number of carbonyl (C=O) groups is 2. The SMILES string of the molecule is COC(=O)Cc1ccc(C(=O)C2CCC(C)O2)s1. The van der Waals surface area contributed by atoms with Crippen molar-refractivity contribution in [3.05, 3.63) is 21.9 Å². The molecular weight excluding hydrogens is 252 g/mol. The lowest BCUT2D eigenvalue weighted by Crippen LogP contribution is -2.19. The fourth-order valence-electron chi connectivity index (χ4n) is 1.97. The number of Topliss-reactive ketones (excluding diaryl/α,β-unsaturated/α-hetero) is 1. The Kier molecular flexibility index (Phi) is 4.14. The first kappa shape index (κ1) is 13.2. The first-order valence-electron chi connectivity index (χ1n) is 5.95. The van der Waals surface area contributed by atoms with E-state index in [0.29, 0.717) is 4.88 Å². The van der Waals surface area contributed by atoms with Gasteiger partial charge < -0.3 is 9.47 Å². The zero-order valence-corrected chi connectivity index (χ0v) is 11.3. The van der Waals surface area contributed by atoms with E-state index in [9.17, 15) is 9.59 Å². The van der Waals surface area contributed by atoms with E-state index >= 15 is 0 Å². The number of esters is 1. The van der Waals surface area contributed by atoms with Crippen LogP contribution in [0.4, 0.5) is 0 Å². The predicted octanol–water partition coefficient (Wildman–Crippen LogP) is 2.21. The Morgan fingerprint density at radius 1 is 1.44 bits per heavy atom. The maximum atomic E-state index is 12.1. The molecule has 1 fully saturated rings. The van der Waals surface area contributed by atoms with Crippen LogP contribution in [0.25, 0.3) is 0 Å². The van der Waals surface area contributed by atoms with E-state index < -0.39 is 0 Å². The highest BCUT2D eigenvalue weighted by atomic mass is 32.1. The second-order valence-electron chi connectivity index (χ2n) is 4.40. The van der Waals surface area contributed by atoms with Crippen molar-refractivity contribution in [2.75, 3.05) is 7.11 Å². The van der Waals surface area contributed by atoms with E-state index in [-0.39, 0.29) is 30.4 Å². The van der Waals surface area contributed by atoms with Crippen LogP contribution in [0, 0.1) is 0 Å². The fourth-order valence-corrected chi connectivity index (χ4v) is 2.95. The maximum Gasteiger partial charge on any atom is 0.310 e. The second-order valence-corrected chi connectivity index (χ2v) is 5.56. The van der Waals surface area contributed by atoms with Crippen molar-refractivity contribution < 1.29 is 19.1 Å². The molecule has 18 heavy (non-hydrogen) atoms. The van der Waals surface area contributed by atoms with Crippen LogP contribution >= 0.6 is 11.3 Å². The van der Waals surface area contributed by atoms with Gasteiger partial charge in [-0.15, -0.1) is 11.3 Å². The summed E-state index contributed by atoms with van der Waals surface area (Å²) >= 11 is 1.34. The summed E-state index contributed by atoms with van der Waals surface area (Å²) in [6.45, 7) is 1.98. The molecule has 1 saturated heterocycles. The van der Waals surface area contributed by atoms with Gasteiger partial charge in [0.2, 0.25) is 5.78 Å². The lowest BCUT2D eigenvalue weighted by Gasteiger charge is -2.07. The molecule has 0 radical (unpaired) electrons. The third-order valence-corrected chi connectivity index (χ3v) is 4.07. The maximum absolute atomic E-state index is 12.1. The van der Waals surface area contributed by atoms with Gasteiger partial charge in [0.1, 0.15) is 6.10 Å². The minimum Gasteiger partial charge on any atom is -0.469 e. The second kappa shape index (κ2) is 5.63. The van der Waals surface area contributed by atoms with E-state index in [0.717, 1.165) is 17.7 Å². The van der Waals surface area contributed by atoms with E-state index in [1.807, 2.05) is 6.92 Å². The Balaban J connectivity index is 2.01. The summed E-state index contributed by atoms with van der Waals surface area (Å²) < 4.78 is 10.2. The molecule has 2 rings (SSSR count). The summed E-state index contributed by atoms with van der Waals surface area (Å²) in [5, 5.41) is 0. The van der Waals surface area contributed by atoms with Crippen LogP contribution in [0.15, 0.2) is 12.1 Å². The van der Waals surface area contributed by atoms with Crippen molar-refractivity contribution in [3.8, 4) is 0 Å². The summed E-state index contributed by atoms with van der Waals surface area (Å²) in [7, 11) is 1.36. The molecule has 2 unspecified atom stereocenters. The molecule has 1 aliphatic heterocycles. The van der Waals surface area contributed by atoms with E-state index in [1.54, 1.807) is 12.1 Å². The molecule has 2 atom stereocenters. The number of methoxy groups -OCH3 is 1. The Morgan fingerprint density at radius 3 is 2.83 bits per heavy atom. The molecule has 1 aromatic rings. The molecule has 5 heteroatoms. The van der Waals surface area contributed by atoms with Crippen molar-refractivity contribution in [1.29, 1.82) is 0 Å². The summed E-state index contributed by atoms with van der Waals surface area (Å²) in [5.74, 6) is -0.262. The molecule has 0 amide bonds. The standard InChI is InChI=1S/C13H16O4S/c1-8-3-5-10(17-8)13(15)11-6-4-9(18-11)7-12(14)16-2/h4,6,8,10H,3,5,7H2,1-2H3. The highest BCUT2D eigenvalue weighted by Gasteiger charge is 2.29. The molecule has 0 aliphatic carbocycles. The number of hydrogen-bond acceptors (Lipinski definition) is 5. The first-order valence-corrected chi connectivity index (χ1v) is 6.77. The molecule has 2 heterocycles. The molecule has 1 aliphatic rings. The minimum atomic E-state index is -0.315. The lowest BCUT2D eigenvalue weighted by atomic mass is 10.1. The van der Waals surface area contributed by atoms with Crippen LogP contribution in [0.3, 0.4) is 0 Å². The molecule has 0 spiro atoms. The number of thiophene rings is 1. The van der Waals surface area contributed by atoms with E-state index in [4.69, 9.17) is 4.74 Å². The van der Waals surface area contributed by atoms with E-state index in [1.165, 1.54) is 18.4 Å². The van der Waals surface area contributed by atoms with Gasteiger partial charge in [0.05, 0.1) is 24.5 Å². The van der Waals surface area contributed by atoms with Crippen molar-refractivity contribution in [3.63, 3.8) is 0 Å². The molecule has 1 aromatic heterocycles. The van der Waals surface area contributed by atoms with E-state index in [2.05, 4.69) is 4.74 Å². The summed E-state index contributed by atoms with van der Waals surface area (Å²) in [5.41, 5.74) is 0. The Hall–Kier alpha value is -1.20. The van der Waals surface area contributed by atoms with Gasteiger partial charge in [-0.3, -0.25) is 9.59 Å². The van der Waals surface area contributed by atoms with Crippen LogP contribution in [0.2, 0.25) is 0 Å². The Labute approximate surface area is 110 Å². The van der Waals surface area contributed by atoms with Gasteiger partial charge in [0.25, 0.3) is 0 Å². The summed E-state index contributed by atoms with van der Waals surface area (Å²) in [6.07, 6.45) is 1.77. The molecule has 0 saturated carbocycles. The van der Waals surface area contributed by atoms with Gasteiger partial charge in [0, 0.05) is 4.88 Å². The largest absolute Gasteiger partial charge is 0.469 e. The van der Waals surface area contributed by atoms with Gasteiger partial charge in [-0.2, -0.15) is 0 Å². The Morgan fingerprint density at radius 2 is 2.22 bits per heavy atom. The van der Waals surface area contributed by atoms with Crippen molar-refractivity contribution in [2.45, 2.75) is 38.4 Å². The topological polar surface area (TPSA) is 52.6 Å². The highest BCUT2D eigenvalue weighted by Crippen LogP contribution is 2.26. The zero-order chi connectivity index (χ0) is 13.1. The number of carbonyl (C=O) groups excluding carboxylic acids is 2. The smallest absolute Gasteiger partial charge is 0.310 e. The molecule has 0 aromatic carbocycles. The van der Waals surface area contributed by atoms with Crippen molar-refractivity contribution in [1.82, 2.24) is 0 Å². The van der Waals surface area contributed by atoms with Gasteiger partial charge in [-0.1, -0.05) is 0 Å². The molecule has 4 nitrogen and oxygen atoms in total. The average Bonchev–Trinajstić information content (AvgIpc) is 2.97. The van der Waals surface area contributed by atoms with Gasteiger partial charge in [-0.05, 0) is 31.9 Å². The summed E-state index contributed by atoms with van der Waals surface area (Å²) in [6, 6.07) is 3.56. The quantitative estimate of drug-likeness (QED) is 0.620. The minimum absolute atomic E-state index is 0.0282. The normalized spacial score (nSPS) is 23.0. The van der Waals surface area contributed by atoms with Crippen LogP contribution in [0.5, 0.6) is 0 Å². The zero-order valence-electron chi connectivity index (χ0n) is 10.5. The molecule has 0 N–H and O–H groups in total. The highest BCUT2D eigenvalue weighted by molar-refractivity contribution is 7.14. The molecule has 0 bridgehead atoms. The Bertz CT molecular complexity index is 452. The third-order valence-electron chi connectivity index (χ3n) is 2.98. The van der Waals surface area contributed by atoms with Crippen LogP contribution < -0.4 is 0 Å².